The third kappa shape index (κ3) is 9.77. The molecule has 0 aliphatic carbocycles. The molecule has 1 saturated heterocycles. The van der Waals surface area contributed by atoms with Gasteiger partial charge in [0, 0.05) is 0 Å². The molecule has 0 aromatic heterocycles. The lowest BCUT2D eigenvalue weighted by Gasteiger charge is -2.32. The van der Waals surface area contributed by atoms with E-state index in [1.165, 1.54) is 119 Å². The molecule has 2 nitrogen and oxygen atoms in total. The molecule has 0 spiro atoms. The minimum absolute atomic E-state index is 0.253. The van der Waals surface area contributed by atoms with E-state index in [2.05, 4.69) is 59.7 Å². The van der Waals surface area contributed by atoms with Crippen LogP contribution in [0.1, 0.15) is 143 Å². The molecular formula is C30H53BO2. The summed E-state index contributed by atoms with van der Waals surface area (Å²) >= 11 is 0. The zero-order chi connectivity index (χ0) is 24.2. The third-order valence-corrected chi connectivity index (χ3v) is 7.74. The first kappa shape index (κ1) is 28.4. The Balaban J connectivity index is 1.96. The molecule has 0 bridgehead atoms. The molecule has 188 valence electrons. The number of aryl methyl sites for hydroxylation is 2. The van der Waals surface area contributed by atoms with Crippen LogP contribution in [0.4, 0.5) is 0 Å². The molecule has 33 heavy (non-hydrogen) atoms. The Bertz CT molecular complexity index is 615. The number of hydrogen-bond acceptors (Lipinski definition) is 2. The molecule has 0 N–H and O–H groups in total. The zero-order valence-electron chi connectivity index (χ0n) is 22.9. The van der Waals surface area contributed by atoms with E-state index in [4.69, 9.17) is 9.31 Å². The molecule has 0 unspecified atom stereocenters. The van der Waals surface area contributed by atoms with Gasteiger partial charge in [0.2, 0.25) is 0 Å². The van der Waals surface area contributed by atoms with Crippen LogP contribution < -0.4 is 5.46 Å². The molecule has 0 atom stereocenters. The minimum atomic E-state index is -0.287. The van der Waals surface area contributed by atoms with E-state index in [1.54, 1.807) is 0 Å². The maximum atomic E-state index is 6.40. The van der Waals surface area contributed by atoms with E-state index >= 15 is 0 Å². The van der Waals surface area contributed by atoms with Crippen LogP contribution in [0.5, 0.6) is 0 Å². The zero-order valence-corrected chi connectivity index (χ0v) is 22.9. The van der Waals surface area contributed by atoms with Crippen LogP contribution in [0.25, 0.3) is 0 Å². The SMILES string of the molecule is CCCCCCCCCc1cc(CCCCCCCCC)cc(B2OC(C)(C)C(C)(C)O2)c1. The summed E-state index contributed by atoms with van der Waals surface area (Å²) < 4.78 is 12.8. The fraction of sp³-hybridized carbons (Fsp3) is 0.800. The minimum Gasteiger partial charge on any atom is -0.399 e. The van der Waals surface area contributed by atoms with Crippen molar-refractivity contribution in [2.75, 3.05) is 0 Å². The number of benzene rings is 1. The second-order valence-corrected chi connectivity index (χ2v) is 11.4. The van der Waals surface area contributed by atoms with Crippen LogP contribution in [-0.2, 0) is 22.2 Å². The van der Waals surface area contributed by atoms with E-state index < -0.39 is 0 Å². The fourth-order valence-electron chi connectivity index (χ4n) is 4.77. The number of rotatable bonds is 17. The summed E-state index contributed by atoms with van der Waals surface area (Å²) in [6.45, 7) is 13.2. The first-order chi connectivity index (χ1) is 15.8. The lowest BCUT2D eigenvalue weighted by molar-refractivity contribution is 0.00578. The van der Waals surface area contributed by atoms with Gasteiger partial charge in [-0.1, -0.05) is 109 Å². The molecule has 1 heterocycles. The largest absolute Gasteiger partial charge is 0.494 e. The van der Waals surface area contributed by atoms with E-state index in [-0.39, 0.29) is 18.3 Å². The topological polar surface area (TPSA) is 18.5 Å². The highest BCUT2D eigenvalue weighted by molar-refractivity contribution is 6.62. The van der Waals surface area contributed by atoms with Gasteiger partial charge in [-0.3, -0.25) is 0 Å². The Kier molecular flexibility index (Phi) is 12.6. The second kappa shape index (κ2) is 14.6. The van der Waals surface area contributed by atoms with Crippen LogP contribution in [0.15, 0.2) is 18.2 Å². The predicted molar refractivity (Wildman–Crippen MR) is 146 cm³/mol. The summed E-state index contributed by atoms with van der Waals surface area (Å²) in [4.78, 5) is 0. The molecule has 1 fully saturated rings. The Morgan fingerprint density at radius 3 is 1.30 bits per heavy atom. The van der Waals surface area contributed by atoms with Crippen molar-refractivity contribution in [1.82, 2.24) is 0 Å². The van der Waals surface area contributed by atoms with Crippen LogP contribution in [0.2, 0.25) is 0 Å². The first-order valence-electron chi connectivity index (χ1n) is 14.3. The Labute approximate surface area is 206 Å². The van der Waals surface area contributed by atoms with E-state index in [1.807, 2.05) is 0 Å². The highest BCUT2D eigenvalue weighted by Crippen LogP contribution is 2.36. The van der Waals surface area contributed by atoms with Gasteiger partial charge >= 0.3 is 7.12 Å². The summed E-state index contributed by atoms with van der Waals surface area (Å²) in [5, 5.41) is 0. The molecule has 3 heteroatoms. The normalized spacial score (nSPS) is 17.1. The van der Waals surface area contributed by atoms with E-state index in [0.29, 0.717) is 0 Å². The van der Waals surface area contributed by atoms with Gasteiger partial charge in [-0.15, -0.1) is 0 Å². The lowest BCUT2D eigenvalue weighted by Crippen LogP contribution is -2.41. The summed E-state index contributed by atoms with van der Waals surface area (Å²) in [6, 6.07) is 7.17. The maximum absolute atomic E-state index is 6.40. The Morgan fingerprint density at radius 2 is 0.909 bits per heavy atom. The van der Waals surface area contributed by atoms with Gasteiger partial charge in [-0.05, 0) is 70.0 Å². The van der Waals surface area contributed by atoms with Crippen molar-refractivity contribution in [3.8, 4) is 0 Å². The van der Waals surface area contributed by atoms with Crippen molar-refractivity contribution in [1.29, 1.82) is 0 Å². The van der Waals surface area contributed by atoms with Crippen molar-refractivity contribution >= 4 is 12.6 Å². The highest BCUT2D eigenvalue weighted by atomic mass is 16.7. The third-order valence-electron chi connectivity index (χ3n) is 7.74. The molecule has 2 rings (SSSR count). The van der Waals surface area contributed by atoms with Crippen molar-refractivity contribution in [2.45, 2.75) is 155 Å². The Morgan fingerprint density at radius 1 is 0.545 bits per heavy atom. The van der Waals surface area contributed by atoms with Gasteiger partial charge in [0.05, 0.1) is 11.2 Å². The quantitative estimate of drug-likeness (QED) is 0.173. The van der Waals surface area contributed by atoms with E-state index in [9.17, 15) is 0 Å². The first-order valence-corrected chi connectivity index (χ1v) is 14.3. The van der Waals surface area contributed by atoms with Gasteiger partial charge in [0.1, 0.15) is 0 Å². The fourth-order valence-corrected chi connectivity index (χ4v) is 4.77. The molecule has 0 saturated carbocycles. The average Bonchev–Trinajstić information content (AvgIpc) is 2.99. The van der Waals surface area contributed by atoms with Crippen molar-refractivity contribution in [2.24, 2.45) is 0 Å². The van der Waals surface area contributed by atoms with Crippen LogP contribution in [-0.4, -0.2) is 18.3 Å². The Hall–Kier alpha value is -0.795. The number of unbranched alkanes of at least 4 members (excludes halogenated alkanes) is 12. The monoisotopic (exact) mass is 456 g/mol. The van der Waals surface area contributed by atoms with Gasteiger partial charge in [0.15, 0.2) is 0 Å². The standard InChI is InChI=1S/C30H53BO2/c1-7-9-11-13-15-17-19-21-26-23-27(22-20-18-16-14-12-10-8-2)25-28(24-26)31-32-29(3,4)30(5,6)33-31/h23-25H,7-22H2,1-6H3. The average molecular weight is 457 g/mol. The second-order valence-electron chi connectivity index (χ2n) is 11.4. The summed E-state index contributed by atoms with van der Waals surface area (Å²) in [5.74, 6) is 0. The van der Waals surface area contributed by atoms with Crippen molar-refractivity contribution < 1.29 is 9.31 Å². The molecular weight excluding hydrogens is 403 g/mol. The summed E-state index contributed by atoms with van der Waals surface area (Å²) in [5.41, 5.74) is 3.57. The molecule has 1 aromatic rings. The maximum Gasteiger partial charge on any atom is 0.494 e. The van der Waals surface area contributed by atoms with Crippen molar-refractivity contribution in [3.05, 3.63) is 29.3 Å². The molecule has 0 amide bonds. The summed E-state index contributed by atoms with van der Waals surface area (Å²) in [7, 11) is -0.253. The van der Waals surface area contributed by atoms with Gasteiger partial charge in [-0.2, -0.15) is 0 Å². The van der Waals surface area contributed by atoms with Gasteiger partial charge < -0.3 is 9.31 Å². The number of hydrogen-bond donors (Lipinski definition) is 0. The van der Waals surface area contributed by atoms with Crippen LogP contribution in [0, 0.1) is 0 Å². The summed E-state index contributed by atoms with van der Waals surface area (Å²) in [6.07, 6.45) is 21.4. The lowest BCUT2D eigenvalue weighted by atomic mass is 9.76. The van der Waals surface area contributed by atoms with Gasteiger partial charge in [0.25, 0.3) is 0 Å². The van der Waals surface area contributed by atoms with Crippen LogP contribution in [0.3, 0.4) is 0 Å². The molecule has 1 aliphatic rings. The van der Waals surface area contributed by atoms with E-state index in [0.717, 1.165) is 0 Å². The predicted octanol–water partition coefficient (Wildman–Crippen LogP) is 8.57. The van der Waals surface area contributed by atoms with Crippen molar-refractivity contribution in [3.63, 3.8) is 0 Å². The molecule has 1 aromatic carbocycles. The van der Waals surface area contributed by atoms with Crippen LogP contribution >= 0.6 is 0 Å². The highest BCUT2D eigenvalue weighted by Gasteiger charge is 2.51. The van der Waals surface area contributed by atoms with Gasteiger partial charge in [-0.25, -0.2) is 0 Å². The smallest absolute Gasteiger partial charge is 0.399 e. The molecule has 0 radical (unpaired) electrons. The molecule has 1 aliphatic heterocycles.